The van der Waals surface area contributed by atoms with Crippen LogP contribution in [-0.4, -0.2) is 31.6 Å². The van der Waals surface area contributed by atoms with E-state index in [0.29, 0.717) is 30.3 Å². The first-order valence-corrected chi connectivity index (χ1v) is 9.22. The summed E-state index contributed by atoms with van der Waals surface area (Å²) >= 11 is 0. The van der Waals surface area contributed by atoms with Crippen LogP contribution in [-0.2, 0) is 9.59 Å². The van der Waals surface area contributed by atoms with Crippen molar-refractivity contribution in [1.82, 2.24) is 0 Å². The van der Waals surface area contributed by atoms with Crippen molar-refractivity contribution < 1.29 is 19.1 Å². The molecule has 0 unspecified atom stereocenters. The predicted molar refractivity (Wildman–Crippen MR) is 104 cm³/mol. The number of hydrogen-bond acceptors (Lipinski definition) is 4. The normalized spacial score (nSPS) is 12.9. The largest absolute Gasteiger partial charge is 0.494 e. The first-order valence-electron chi connectivity index (χ1n) is 9.22. The number of unbranched alkanes of at least 4 members (excludes halogenated alkanes) is 1. The Bertz CT molecular complexity index is 789. The zero-order valence-electron chi connectivity index (χ0n) is 15.4. The van der Waals surface area contributed by atoms with Gasteiger partial charge in [-0.25, -0.2) is 0 Å². The van der Waals surface area contributed by atoms with E-state index < -0.39 is 0 Å². The molecule has 27 heavy (non-hydrogen) atoms. The number of hydrogen-bond donors (Lipinski definition) is 1. The van der Waals surface area contributed by atoms with E-state index in [0.717, 1.165) is 18.6 Å². The van der Waals surface area contributed by atoms with Crippen molar-refractivity contribution in [3.8, 4) is 11.5 Å². The van der Waals surface area contributed by atoms with Gasteiger partial charge in [-0.15, -0.1) is 0 Å². The number of amides is 2. The highest BCUT2D eigenvalue weighted by Crippen LogP contribution is 2.31. The molecule has 6 heteroatoms. The molecule has 0 aromatic heterocycles. The molecule has 0 bridgehead atoms. The summed E-state index contributed by atoms with van der Waals surface area (Å²) < 4.78 is 11.0. The molecule has 2 amide bonds. The fourth-order valence-corrected chi connectivity index (χ4v) is 2.80. The van der Waals surface area contributed by atoms with Crippen molar-refractivity contribution in [3.05, 3.63) is 48.5 Å². The van der Waals surface area contributed by atoms with Crippen LogP contribution in [0.4, 0.5) is 11.4 Å². The lowest BCUT2D eigenvalue weighted by Gasteiger charge is -2.29. The Labute approximate surface area is 159 Å². The van der Waals surface area contributed by atoms with Gasteiger partial charge in [-0.05, 0) is 42.8 Å². The number of anilines is 2. The molecule has 0 spiro atoms. The number of benzene rings is 2. The first-order chi connectivity index (χ1) is 13.2. The van der Waals surface area contributed by atoms with Crippen molar-refractivity contribution in [2.24, 2.45) is 0 Å². The molecule has 0 atom stereocenters. The van der Waals surface area contributed by atoms with Gasteiger partial charge >= 0.3 is 0 Å². The Morgan fingerprint density at radius 1 is 1.19 bits per heavy atom. The summed E-state index contributed by atoms with van der Waals surface area (Å²) in [5, 5.41) is 2.85. The molecule has 0 fully saturated rings. The lowest BCUT2D eigenvalue weighted by Crippen LogP contribution is -2.40. The number of rotatable bonds is 8. The van der Waals surface area contributed by atoms with Crippen LogP contribution >= 0.6 is 0 Å². The number of nitrogens with zero attached hydrogens (tertiary/aromatic N) is 1. The van der Waals surface area contributed by atoms with Gasteiger partial charge in [-0.1, -0.05) is 25.5 Å². The van der Waals surface area contributed by atoms with Crippen LogP contribution in [0, 0.1) is 0 Å². The molecule has 0 saturated heterocycles. The Balaban J connectivity index is 1.52. The lowest BCUT2D eigenvalue weighted by atomic mass is 10.2. The molecule has 6 nitrogen and oxygen atoms in total. The van der Waals surface area contributed by atoms with E-state index in [4.69, 9.17) is 9.47 Å². The average Bonchev–Trinajstić information content (AvgIpc) is 2.69. The Kier molecular flexibility index (Phi) is 6.30. The average molecular weight is 368 g/mol. The molecule has 1 N–H and O–H groups in total. The van der Waals surface area contributed by atoms with Crippen molar-refractivity contribution in [2.45, 2.75) is 26.2 Å². The minimum absolute atomic E-state index is 0.00186. The fraction of sp³-hybridized carbons (Fsp3) is 0.333. The fourth-order valence-electron chi connectivity index (χ4n) is 2.80. The standard InChI is InChI=1S/C21H24N2O4/c1-2-3-14-26-17-10-8-16(9-11-17)22-20(24)12-13-23-18-6-4-5-7-19(18)27-15-21(23)25/h4-11H,2-3,12-15H2,1H3,(H,22,24). The maximum atomic E-state index is 12.3. The van der Waals surface area contributed by atoms with Crippen molar-refractivity contribution in [2.75, 3.05) is 30.0 Å². The van der Waals surface area contributed by atoms with Gasteiger partial charge in [-0.2, -0.15) is 0 Å². The molecule has 3 rings (SSSR count). The van der Waals surface area contributed by atoms with E-state index in [1.807, 2.05) is 48.5 Å². The third kappa shape index (κ3) is 5.00. The summed E-state index contributed by atoms with van der Waals surface area (Å²) in [5.41, 5.74) is 1.41. The van der Waals surface area contributed by atoms with Gasteiger partial charge in [0.25, 0.3) is 5.91 Å². The highest BCUT2D eigenvalue weighted by molar-refractivity contribution is 5.99. The minimum atomic E-state index is -0.147. The van der Waals surface area contributed by atoms with Crippen LogP contribution in [0.5, 0.6) is 11.5 Å². The highest BCUT2D eigenvalue weighted by atomic mass is 16.5. The zero-order valence-corrected chi connectivity index (χ0v) is 15.4. The van der Waals surface area contributed by atoms with E-state index in [1.54, 1.807) is 4.90 Å². The molecular weight excluding hydrogens is 344 g/mol. The first kappa shape index (κ1) is 18.8. The van der Waals surface area contributed by atoms with E-state index in [2.05, 4.69) is 12.2 Å². The van der Waals surface area contributed by atoms with Crippen LogP contribution in [0.25, 0.3) is 0 Å². The molecule has 0 saturated carbocycles. The number of para-hydroxylation sites is 2. The number of nitrogens with one attached hydrogen (secondary N) is 1. The SMILES string of the molecule is CCCCOc1ccc(NC(=O)CCN2C(=O)COc3ccccc32)cc1. The lowest BCUT2D eigenvalue weighted by molar-refractivity contribution is -0.121. The van der Waals surface area contributed by atoms with Crippen molar-refractivity contribution in [3.63, 3.8) is 0 Å². The number of carbonyl (C=O) groups excluding carboxylic acids is 2. The number of fused-ring (bicyclic) bond motifs is 1. The Morgan fingerprint density at radius 2 is 1.96 bits per heavy atom. The van der Waals surface area contributed by atoms with Crippen LogP contribution in [0.2, 0.25) is 0 Å². The second-order valence-electron chi connectivity index (χ2n) is 6.33. The number of carbonyl (C=O) groups is 2. The van der Waals surface area contributed by atoms with Crippen LogP contribution in [0.15, 0.2) is 48.5 Å². The maximum absolute atomic E-state index is 12.3. The molecule has 142 valence electrons. The van der Waals surface area contributed by atoms with Gasteiger partial charge in [-0.3, -0.25) is 9.59 Å². The molecule has 0 aliphatic carbocycles. The summed E-state index contributed by atoms with van der Waals surface area (Å²) in [4.78, 5) is 26.0. The highest BCUT2D eigenvalue weighted by Gasteiger charge is 2.25. The molecule has 1 heterocycles. The summed E-state index contributed by atoms with van der Waals surface area (Å²) in [6.07, 6.45) is 2.31. The summed E-state index contributed by atoms with van der Waals surface area (Å²) in [6, 6.07) is 14.6. The summed E-state index contributed by atoms with van der Waals surface area (Å²) in [7, 11) is 0. The van der Waals surface area contributed by atoms with E-state index >= 15 is 0 Å². The van der Waals surface area contributed by atoms with Gasteiger partial charge in [0.15, 0.2) is 6.61 Å². The smallest absolute Gasteiger partial charge is 0.265 e. The van der Waals surface area contributed by atoms with Crippen LogP contribution in [0.3, 0.4) is 0 Å². The van der Waals surface area contributed by atoms with Gasteiger partial charge < -0.3 is 19.7 Å². The van der Waals surface area contributed by atoms with Gasteiger partial charge in [0.05, 0.1) is 12.3 Å². The Hall–Kier alpha value is -3.02. The Morgan fingerprint density at radius 3 is 2.74 bits per heavy atom. The third-order valence-electron chi connectivity index (χ3n) is 4.28. The molecule has 1 aliphatic heterocycles. The quantitative estimate of drug-likeness (QED) is 0.723. The maximum Gasteiger partial charge on any atom is 0.265 e. The van der Waals surface area contributed by atoms with Gasteiger partial charge in [0.2, 0.25) is 5.91 Å². The number of ether oxygens (including phenoxy) is 2. The van der Waals surface area contributed by atoms with E-state index in [9.17, 15) is 9.59 Å². The van der Waals surface area contributed by atoms with Gasteiger partial charge in [0, 0.05) is 18.7 Å². The minimum Gasteiger partial charge on any atom is -0.494 e. The molecular formula is C21H24N2O4. The second kappa shape index (κ2) is 9.07. The topological polar surface area (TPSA) is 67.9 Å². The van der Waals surface area contributed by atoms with Crippen molar-refractivity contribution in [1.29, 1.82) is 0 Å². The van der Waals surface area contributed by atoms with E-state index in [-0.39, 0.29) is 24.8 Å². The third-order valence-corrected chi connectivity index (χ3v) is 4.28. The summed E-state index contributed by atoms with van der Waals surface area (Å²) in [5.74, 6) is 1.16. The molecule has 2 aromatic carbocycles. The van der Waals surface area contributed by atoms with Crippen molar-refractivity contribution >= 4 is 23.2 Å². The summed E-state index contributed by atoms with van der Waals surface area (Å²) in [6.45, 7) is 3.11. The zero-order chi connectivity index (χ0) is 19.1. The molecule has 0 radical (unpaired) electrons. The van der Waals surface area contributed by atoms with E-state index in [1.165, 1.54) is 0 Å². The molecule has 1 aliphatic rings. The predicted octanol–water partition coefficient (Wildman–Crippen LogP) is 3.62. The monoisotopic (exact) mass is 368 g/mol. The van der Waals surface area contributed by atoms with Crippen LogP contribution in [0.1, 0.15) is 26.2 Å². The molecule has 2 aromatic rings. The van der Waals surface area contributed by atoms with Crippen LogP contribution < -0.4 is 19.7 Å². The van der Waals surface area contributed by atoms with Gasteiger partial charge in [0.1, 0.15) is 11.5 Å². The second-order valence-corrected chi connectivity index (χ2v) is 6.33.